The fourth-order valence-electron chi connectivity index (χ4n) is 2.89. The average molecular weight is 362 g/mol. The summed E-state index contributed by atoms with van der Waals surface area (Å²) in [4.78, 5) is 4.16. The first-order chi connectivity index (χ1) is 11.9. The van der Waals surface area contributed by atoms with E-state index in [2.05, 4.69) is 10.1 Å². The molecule has 0 radical (unpaired) electrons. The van der Waals surface area contributed by atoms with Gasteiger partial charge < -0.3 is 4.52 Å². The van der Waals surface area contributed by atoms with Crippen molar-refractivity contribution in [1.29, 1.82) is 5.26 Å². The smallest absolute Gasteiger partial charge is 0.265 e. The van der Waals surface area contributed by atoms with Crippen molar-refractivity contribution < 1.29 is 17.3 Å². The van der Waals surface area contributed by atoms with E-state index in [1.165, 1.54) is 24.3 Å². The molecule has 1 aliphatic carbocycles. The van der Waals surface area contributed by atoms with E-state index in [0.717, 1.165) is 17.1 Å². The standard InChI is InChI=1S/C16H15FN4O3S/c17-16(15-19-14(20-24-15)12-3-4-12)7-8-21(10-16)25(22,23)13-5-1-11(9-18)2-6-13/h1-2,5-6,12H,3-4,7-8,10H2. The van der Waals surface area contributed by atoms with Crippen molar-refractivity contribution in [3.63, 3.8) is 0 Å². The maximum Gasteiger partial charge on any atom is 0.265 e. The van der Waals surface area contributed by atoms with Gasteiger partial charge in [0.05, 0.1) is 23.1 Å². The van der Waals surface area contributed by atoms with Gasteiger partial charge in [0, 0.05) is 18.9 Å². The number of benzene rings is 1. The molecule has 0 amide bonds. The van der Waals surface area contributed by atoms with E-state index < -0.39 is 15.7 Å². The third-order valence-electron chi connectivity index (χ3n) is 4.57. The van der Waals surface area contributed by atoms with Crippen LogP contribution in [0, 0.1) is 11.3 Å². The second-order valence-electron chi connectivity index (χ2n) is 6.42. The fraction of sp³-hybridized carbons (Fsp3) is 0.438. The van der Waals surface area contributed by atoms with Crippen molar-refractivity contribution in [2.24, 2.45) is 0 Å². The van der Waals surface area contributed by atoms with Crippen molar-refractivity contribution in [3.05, 3.63) is 41.5 Å². The van der Waals surface area contributed by atoms with E-state index in [1.54, 1.807) is 0 Å². The first-order valence-electron chi connectivity index (χ1n) is 7.96. The maximum absolute atomic E-state index is 15.2. The quantitative estimate of drug-likeness (QED) is 0.825. The summed E-state index contributed by atoms with van der Waals surface area (Å²) in [6, 6.07) is 7.48. The number of rotatable bonds is 4. The molecule has 1 saturated heterocycles. The summed E-state index contributed by atoms with van der Waals surface area (Å²) in [5.41, 5.74) is -1.61. The molecule has 1 atom stereocenters. The summed E-state index contributed by atoms with van der Waals surface area (Å²) in [6.45, 7) is -0.332. The van der Waals surface area contributed by atoms with Gasteiger partial charge in [0.1, 0.15) is 0 Å². The Morgan fingerprint density at radius 2 is 2.04 bits per heavy atom. The van der Waals surface area contributed by atoms with E-state index in [9.17, 15) is 8.42 Å². The first-order valence-corrected chi connectivity index (χ1v) is 9.40. The summed E-state index contributed by atoms with van der Waals surface area (Å²) in [6.07, 6.45) is 1.91. The fourth-order valence-corrected chi connectivity index (χ4v) is 4.38. The van der Waals surface area contributed by atoms with Gasteiger partial charge in [-0.2, -0.15) is 14.6 Å². The molecule has 2 fully saturated rings. The van der Waals surface area contributed by atoms with Crippen LogP contribution in [-0.4, -0.2) is 36.0 Å². The van der Waals surface area contributed by atoms with Gasteiger partial charge in [0.25, 0.3) is 5.89 Å². The highest BCUT2D eigenvalue weighted by Gasteiger charge is 2.49. The van der Waals surface area contributed by atoms with E-state index in [0.29, 0.717) is 11.4 Å². The Balaban J connectivity index is 1.56. The van der Waals surface area contributed by atoms with Crippen LogP contribution in [0.5, 0.6) is 0 Å². The molecule has 4 rings (SSSR count). The summed E-state index contributed by atoms with van der Waals surface area (Å²) in [7, 11) is -3.85. The van der Waals surface area contributed by atoms with Crippen LogP contribution >= 0.6 is 0 Å². The lowest BCUT2D eigenvalue weighted by molar-refractivity contribution is 0.127. The minimum Gasteiger partial charge on any atom is -0.336 e. The van der Waals surface area contributed by atoms with Crippen LogP contribution in [0.2, 0.25) is 0 Å². The molecule has 2 aliphatic rings. The highest BCUT2D eigenvalue weighted by molar-refractivity contribution is 7.89. The van der Waals surface area contributed by atoms with E-state index in [-0.39, 0.29) is 36.2 Å². The van der Waals surface area contributed by atoms with Crippen molar-refractivity contribution in [3.8, 4) is 6.07 Å². The third kappa shape index (κ3) is 2.81. The lowest BCUT2D eigenvalue weighted by Crippen LogP contribution is -2.32. The maximum atomic E-state index is 15.2. The number of halogens is 1. The predicted octanol–water partition coefficient (Wildman–Crippen LogP) is 2.08. The van der Waals surface area contributed by atoms with Gasteiger partial charge in [0.2, 0.25) is 15.7 Å². The molecule has 2 heterocycles. The van der Waals surface area contributed by atoms with Crippen molar-refractivity contribution in [2.75, 3.05) is 13.1 Å². The Morgan fingerprint density at radius 3 is 2.68 bits per heavy atom. The monoisotopic (exact) mass is 362 g/mol. The van der Waals surface area contributed by atoms with Crippen molar-refractivity contribution in [1.82, 2.24) is 14.4 Å². The molecule has 1 saturated carbocycles. The number of nitriles is 1. The number of sulfonamides is 1. The highest BCUT2D eigenvalue weighted by Crippen LogP contribution is 2.41. The van der Waals surface area contributed by atoms with Crippen LogP contribution in [0.3, 0.4) is 0 Å². The van der Waals surface area contributed by atoms with Crippen LogP contribution in [-0.2, 0) is 15.7 Å². The lowest BCUT2D eigenvalue weighted by atomic mass is 10.1. The summed E-state index contributed by atoms with van der Waals surface area (Å²) in [5.74, 6) is 0.591. The van der Waals surface area contributed by atoms with Gasteiger partial charge in [-0.3, -0.25) is 0 Å². The normalized spacial score (nSPS) is 24.3. The molecule has 1 aromatic carbocycles. The first kappa shape index (κ1) is 16.2. The summed E-state index contributed by atoms with van der Waals surface area (Å²) in [5, 5.41) is 12.6. The Morgan fingerprint density at radius 1 is 1.32 bits per heavy atom. The topological polar surface area (TPSA) is 100 Å². The minimum absolute atomic E-state index is 0.0277. The molecule has 7 nitrogen and oxygen atoms in total. The molecule has 1 aromatic heterocycles. The molecule has 1 aliphatic heterocycles. The Kier molecular flexibility index (Phi) is 3.63. The molecular formula is C16H15FN4O3S. The van der Waals surface area contributed by atoms with Gasteiger partial charge in [-0.1, -0.05) is 5.16 Å². The van der Waals surface area contributed by atoms with Crippen molar-refractivity contribution in [2.45, 2.75) is 35.7 Å². The third-order valence-corrected chi connectivity index (χ3v) is 6.43. The molecule has 0 spiro atoms. The SMILES string of the molecule is N#Cc1ccc(S(=O)(=O)N2CCC(F)(c3nc(C4CC4)no3)C2)cc1. The number of hydrogen-bond acceptors (Lipinski definition) is 6. The number of alkyl halides is 1. The van der Waals surface area contributed by atoms with Crippen LogP contribution < -0.4 is 0 Å². The molecular weight excluding hydrogens is 347 g/mol. The molecule has 1 unspecified atom stereocenters. The highest BCUT2D eigenvalue weighted by atomic mass is 32.2. The summed E-state index contributed by atoms with van der Waals surface area (Å²) >= 11 is 0. The van der Waals surface area contributed by atoms with Crippen LogP contribution in [0.4, 0.5) is 4.39 Å². The number of hydrogen-bond donors (Lipinski definition) is 0. The van der Waals surface area contributed by atoms with Gasteiger partial charge in [-0.15, -0.1) is 0 Å². The molecule has 0 N–H and O–H groups in total. The van der Waals surface area contributed by atoms with Crippen LogP contribution in [0.15, 0.2) is 33.7 Å². The second-order valence-corrected chi connectivity index (χ2v) is 8.36. The Bertz CT molecular complexity index is 947. The Labute approximate surface area is 144 Å². The van der Waals surface area contributed by atoms with E-state index in [1.807, 2.05) is 6.07 Å². The largest absolute Gasteiger partial charge is 0.336 e. The summed E-state index contributed by atoms with van der Waals surface area (Å²) < 4.78 is 46.7. The lowest BCUT2D eigenvalue weighted by Gasteiger charge is -2.18. The predicted molar refractivity (Wildman–Crippen MR) is 83.6 cm³/mol. The van der Waals surface area contributed by atoms with Gasteiger partial charge in [-0.25, -0.2) is 12.8 Å². The molecule has 0 bridgehead atoms. The molecule has 9 heteroatoms. The Hall–Kier alpha value is -2.31. The van der Waals surface area contributed by atoms with Crippen LogP contribution in [0.1, 0.15) is 42.5 Å². The zero-order valence-corrected chi connectivity index (χ0v) is 14.0. The van der Waals surface area contributed by atoms with Gasteiger partial charge in [0.15, 0.2) is 5.82 Å². The minimum atomic E-state index is -3.85. The van der Waals surface area contributed by atoms with Gasteiger partial charge in [-0.05, 0) is 37.1 Å². The van der Waals surface area contributed by atoms with E-state index in [4.69, 9.17) is 9.78 Å². The van der Waals surface area contributed by atoms with Crippen molar-refractivity contribution >= 4 is 10.0 Å². The van der Waals surface area contributed by atoms with E-state index >= 15 is 4.39 Å². The molecule has 130 valence electrons. The average Bonchev–Trinajstić information content (AvgIpc) is 3.18. The number of aromatic nitrogens is 2. The number of nitrogens with zero attached hydrogens (tertiary/aromatic N) is 4. The van der Waals surface area contributed by atoms with Gasteiger partial charge >= 0.3 is 0 Å². The molecule has 2 aromatic rings. The zero-order chi connectivity index (χ0) is 17.7. The van der Waals surface area contributed by atoms with Crippen LogP contribution in [0.25, 0.3) is 0 Å². The second kappa shape index (κ2) is 5.61. The molecule has 25 heavy (non-hydrogen) atoms. The zero-order valence-electron chi connectivity index (χ0n) is 13.2.